The summed E-state index contributed by atoms with van der Waals surface area (Å²) in [6.07, 6.45) is -4.50. The number of carbonyl (C=O) groups is 1. The quantitative estimate of drug-likeness (QED) is 0.782. The van der Waals surface area contributed by atoms with E-state index in [0.29, 0.717) is 11.1 Å². The second-order valence-corrected chi connectivity index (χ2v) is 7.75. The summed E-state index contributed by atoms with van der Waals surface area (Å²) in [6, 6.07) is 9.71. The Hall–Kier alpha value is -2.39. The van der Waals surface area contributed by atoms with Gasteiger partial charge in [0.1, 0.15) is 0 Å². The first-order valence-electron chi connectivity index (χ1n) is 8.00. The van der Waals surface area contributed by atoms with Gasteiger partial charge >= 0.3 is 6.18 Å². The van der Waals surface area contributed by atoms with Crippen molar-refractivity contribution in [2.24, 2.45) is 0 Å². The van der Waals surface area contributed by atoms with Crippen molar-refractivity contribution in [2.45, 2.75) is 24.9 Å². The predicted molar refractivity (Wildman–Crippen MR) is 95.5 cm³/mol. The molecule has 1 atom stereocenters. The monoisotopic (exact) mass is 400 g/mol. The molecular weight excluding hydrogens is 381 g/mol. The van der Waals surface area contributed by atoms with Gasteiger partial charge in [-0.1, -0.05) is 24.3 Å². The van der Waals surface area contributed by atoms with Crippen molar-refractivity contribution in [1.82, 2.24) is 10.0 Å². The molecule has 0 aliphatic carbocycles. The summed E-state index contributed by atoms with van der Waals surface area (Å²) in [6.45, 7) is 1.47. The Bertz CT molecular complexity index is 910. The third kappa shape index (κ3) is 5.80. The average molecular weight is 400 g/mol. The summed E-state index contributed by atoms with van der Waals surface area (Å²) in [7, 11) is -2.31. The molecule has 0 fully saturated rings. The number of nitrogens with one attached hydrogen (secondary N) is 2. The van der Waals surface area contributed by atoms with Gasteiger partial charge in [-0.05, 0) is 42.3 Å². The molecule has 27 heavy (non-hydrogen) atoms. The molecule has 5 nitrogen and oxygen atoms in total. The number of alkyl halides is 3. The van der Waals surface area contributed by atoms with Crippen LogP contribution in [0.1, 0.15) is 40.0 Å². The van der Waals surface area contributed by atoms with Crippen LogP contribution in [0.5, 0.6) is 0 Å². The molecule has 1 amide bonds. The molecule has 0 radical (unpaired) electrons. The van der Waals surface area contributed by atoms with Crippen molar-refractivity contribution in [3.63, 3.8) is 0 Å². The topological polar surface area (TPSA) is 75.3 Å². The van der Waals surface area contributed by atoms with Gasteiger partial charge < -0.3 is 5.32 Å². The first-order valence-corrected chi connectivity index (χ1v) is 9.65. The van der Waals surface area contributed by atoms with Crippen LogP contribution in [-0.2, 0) is 22.0 Å². The van der Waals surface area contributed by atoms with Crippen LogP contribution < -0.4 is 10.0 Å². The zero-order chi connectivity index (χ0) is 20.2. The Balaban J connectivity index is 2.10. The maximum atomic E-state index is 12.8. The Morgan fingerprint density at radius 3 is 2.30 bits per heavy atom. The van der Waals surface area contributed by atoms with E-state index in [2.05, 4.69) is 10.0 Å². The molecule has 2 aromatic rings. The van der Waals surface area contributed by atoms with Gasteiger partial charge in [-0.15, -0.1) is 0 Å². The van der Waals surface area contributed by atoms with E-state index in [1.807, 2.05) is 0 Å². The van der Waals surface area contributed by atoms with E-state index < -0.39 is 27.8 Å². The number of benzene rings is 2. The summed E-state index contributed by atoms with van der Waals surface area (Å²) in [4.78, 5) is 11.5. The van der Waals surface area contributed by atoms with Crippen LogP contribution in [-0.4, -0.2) is 21.4 Å². The largest absolute Gasteiger partial charge is 0.416 e. The molecule has 146 valence electrons. The van der Waals surface area contributed by atoms with Gasteiger partial charge in [0.15, 0.2) is 0 Å². The number of sulfonamides is 1. The summed E-state index contributed by atoms with van der Waals surface area (Å²) in [5, 5.41) is 2.46. The maximum absolute atomic E-state index is 12.8. The Labute approximate surface area is 155 Å². The van der Waals surface area contributed by atoms with Crippen LogP contribution >= 0.6 is 0 Å². The molecule has 9 heteroatoms. The van der Waals surface area contributed by atoms with Crippen molar-refractivity contribution < 1.29 is 26.4 Å². The summed E-state index contributed by atoms with van der Waals surface area (Å²) in [5.74, 6) is -0.648. The number of hydrogen-bond donors (Lipinski definition) is 2. The number of rotatable bonds is 6. The number of hydrogen-bond acceptors (Lipinski definition) is 3. The zero-order valence-corrected chi connectivity index (χ0v) is 15.5. The van der Waals surface area contributed by atoms with E-state index in [4.69, 9.17) is 0 Å². The minimum absolute atomic E-state index is 0.211. The Morgan fingerprint density at radius 1 is 1.11 bits per heavy atom. The lowest BCUT2D eigenvalue weighted by atomic mass is 10.1. The third-order valence-corrected chi connectivity index (χ3v) is 5.30. The fourth-order valence-corrected chi connectivity index (χ4v) is 3.87. The molecule has 0 saturated carbocycles. The molecule has 0 heterocycles. The summed E-state index contributed by atoms with van der Waals surface area (Å²) in [5.41, 5.74) is 0.217. The molecule has 0 aromatic heterocycles. The lowest BCUT2D eigenvalue weighted by Gasteiger charge is -2.16. The highest BCUT2D eigenvalue weighted by Crippen LogP contribution is 2.30. The lowest BCUT2D eigenvalue weighted by molar-refractivity contribution is -0.137. The van der Waals surface area contributed by atoms with E-state index in [1.165, 1.54) is 50.4 Å². The SMILES string of the molecule is CNC(=O)c1ccc(CS(=O)(=O)N[C@H](C)c2cccc(C(F)(F)F)c2)cc1. The average Bonchev–Trinajstić information content (AvgIpc) is 2.60. The van der Waals surface area contributed by atoms with Crippen LogP contribution in [0.4, 0.5) is 13.2 Å². The van der Waals surface area contributed by atoms with Gasteiger partial charge in [-0.2, -0.15) is 13.2 Å². The molecule has 0 saturated heterocycles. The van der Waals surface area contributed by atoms with Crippen LogP contribution in [0.15, 0.2) is 48.5 Å². The van der Waals surface area contributed by atoms with Crippen LogP contribution in [0.3, 0.4) is 0 Å². The highest BCUT2D eigenvalue weighted by atomic mass is 32.2. The van der Waals surface area contributed by atoms with Crippen LogP contribution in [0, 0.1) is 0 Å². The fourth-order valence-electron chi connectivity index (χ4n) is 2.48. The van der Waals surface area contributed by atoms with Crippen LogP contribution in [0.25, 0.3) is 0 Å². The molecule has 2 aromatic carbocycles. The minimum Gasteiger partial charge on any atom is -0.355 e. The molecule has 2 rings (SSSR count). The van der Waals surface area contributed by atoms with Crippen molar-refractivity contribution in [3.8, 4) is 0 Å². The molecule has 0 spiro atoms. The van der Waals surface area contributed by atoms with E-state index in [0.717, 1.165) is 12.1 Å². The van der Waals surface area contributed by atoms with Crippen LogP contribution in [0.2, 0.25) is 0 Å². The number of amides is 1. The normalized spacial score (nSPS) is 13.2. The fraction of sp³-hybridized carbons (Fsp3) is 0.278. The lowest BCUT2D eigenvalue weighted by Crippen LogP contribution is -2.28. The van der Waals surface area contributed by atoms with Crippen molar-refractivity contribution >= 4 is 15.9 Å². The maximum Gasteiger partial charge on any atom is 0.416 e. The summed E-state index contributed by atoms with van der Waals surface area (Å²) < 4.78 is 65.4. The van der Waals surface area contributed by atoms with Gasteiger partial charge in [0, 0.05) is 18.7 Å². The second-order valence-electron chi connectivity index (χ2n) is 6.00. The molecule has 0 aliphatic rings. The second kappa shape index (κ2) is 8.10. The Kier molecular flexibility index (Phi) is 6.27. The van der Waals surface area contributed by atoms with E-state index in [9.17, 15) is 26.4 Å². The smallest absolute Gasteiger partial charge is 0.355 e. The van der Waals surface area contributed by atoms with Crippen molar-refractivity contribution in [2.75, 3.05) is 7.05 Å². The van der Waals surface area contributed by atoms with Gasteiger partial charge in [-0.25, -0.2) is 13.1 Å². The van der Waals surface area contributed by atoms with Gasteiger partial charge in [0.2, 0.25) is 10.0 Å². The predicted octanol–water partition coefficient (Wildman–Crippen LogP) is 3.25. The standard InChI is InChI=1S/C18H19F3N2O3S/c1-12(15-4-3-5-16(10-15)18(19,20)21)23-27(25,26)11-13-6-8-14(9-7-13)17(24)22-2/h3-10,12,23H,11H2,1-2H3,(H,22,24)/t12-/m1/s1. The van der Waals surface area contributed by atoms with E-state index in [-0.39, 0.29) is 17.2 Å². The van der Waals surface area contributed by atoms with Crippen molar-refractivity contribution in [3.05, 3.63) is 70.8 Å². The minimum atomic E-state index is -4.50. The number of carbonyl (C=O) groups excluding carboxylic acids is 1. The van der Waals surface area contributed by atoms with Gasteiger partial charge in [-0.3, -0.25) is 4.79 Å². The summed E-state index contributed by atoms with van der Waals surface area (Å²) >= 11 is 0. The first-order chi connectivity index (χ1) is 12.5. The number of halogens is 3. The molecular formula is C18H19F3N2O3S. The molecule has 0 unspecified atom stereocenters. The molecule has 0 aliphatic heterocycles. The van der Waals surface area contributed by atoms with E-state index in [1.54, 1.807) is 0 Å². The van der Waals surface area contributed by atoms with Gasteiger partial charge in [0.05, 0.1) is 11.3 Å². The van der Waals surface area contributed by atoms with Crippen molar-refractivity contribution in [1.29, 1.82) is 0 Å². The molecule has 2 N–H and O–H groups in total. The highest BCUT2D eigenvalue weighted by Gasteiger charge is 2.31. The van der Waals surface area contributed by atoms with Gasteiger partial charge in [0.25, 0.3) is 5.91 Å². The van der Waals surface area contributed by atoms with E-state index >= 15 is 0 Å². The third-order valence-electron chi connectivity index (χ3n) is 3.87. The Morgan fingerprint density at radius 2 is 1.74 bits per heavy atom. The molecule has 0 bridgehead atoms. The zero-order valence-electron chi connectivity index (χ0n) is 14.7. The first kappa shape index (κ1) is 20.9. The highest BCUT2D eigenvalue weighted by molar-refractivity contribution is 7.88.